The molecule has 1 rings (SSSR count). The van der Waals surface area contributed by atoms with Crippen molar-refractivity contribution in [2.45, 2.75) is 60.3 Å². The van der Waals surface area contributed by atoms with E-state index in [1.54, 1.807) is 18.2 Å². The highest BCUT2D eigenvalue weighted by atomic mass is 32.2. The number of amides is 1. The van der Waals surface area contributed by atoms with Gasteiger partial charge in [-0.1, -0.05) is 72.1 Å². The van der Waals surface area contributed by atoms with Crippen molar-refractivity contribution in [2.24, 2.45) is 23.7 Å². The van der Waals surface area contributed by atoms with Crippen molar-refractivity contribution in [2.75, 3.05) is 17.9 Å². The van der Waals surface area contributed by atoms with Crippen molar-refractivity contribution < 1.29 is 18.3 Å². The number of anilines is 1. The third kappa shape index (κ3) is 7.30. The topological polar surface area (TPSA) is 77.9 Å². The van der Waals surface area contributed by atoms with Crippen molar-refractivity contribution in [3.63, 3.8) is 0 Å². The van der Waals surface area contributed by atoms with E-state index >= 15 is 0 Å². The number of para-hydroxylation sites is 1. The summed E-state index contributed by atoms with van der Waals surface area (Å²) in [5.74, 6) is 1.81. The highest BCUT2D eigenvalue weighted by molar-refractivity contribution is 7.91. The Morgan fingerprint density at radius 3 is 1.97 bits per heavy atom. The molecule has 0 saturated heterocycles. The lowest BCUT2D eigenvalue weighted by Crippen LogP contribution is -2.46. The Morgan fingerprint density at radius 1 is 1.00 bits per heavy atom. The second-order valence-corrected chi connectivity index (χ2v) is 10.4. The smallest absolute Gasteiger partial charge is 0.426 e. The molecule has 0 aliphatic carbocycles. The summed E-state index contributed by atoms with van der Waals surface area (Å²) in [6, 6.07) is 7.93. The molecule has 0 saturated carbocycles. The summed E-state index contributed by atoms with van der Waals surface area (Å²) < 4.78 is 27.7. The van der Waals surface area contributed by atoms with E-state index in [2.05, 4.69) is 34.6 Å². The maximum Gasteiger partial charge on any atom is 0.426 e. The summed E-state index contributed by atoms with van der Waals surface area (Å²) in [6.45, 7) is 11.2. The van der Waals surface area contributed by atoms with E-state index in [1.807, 2.05) is 0 Å². The van der Waals surface area contributed by atoms with Gasteiger partial charge in [0.25, 0.3) is 0 Å². The Balaban J connectivity index is 2.89. The first-order valence-corrected chi connectivity index (χ1v) is 12.0. The van der Waals surface area contributed by atoms with Gasteiger partial charge in [-0.3, -0.25) is 0 Å². The van der Waals surface area contributed by atoms with Crippen LogP contribution in [0.4, 0.5) is 10.5 Å². The van der Waals surface area contributed by atoms with Crippen LogP contribution in [0.25, 0.3) is 0 Å². The molecule has 0 spiro atoms. The van der Waals surface area contributed by atoms with E-state index in [-0.39, 0.29) is 11.6 Å². The first kappa shape index (κ1) is 25.4. The minimum absolute atomic E-state index is 0.121. The standard InChI is InChI=1S/C22H38N2O4S/c1-7-19(17(2)3)12-11-13-20(18(4)5)16-23(6)29(27,28)24(22(25)26)21-14-9-8-10-15-21/h8-10,14-15,17-20H,7,11-13,16H2,1-6H3,(H,25,26). The van der Waals surface area contributed by atoms with E-state index in [4.69, 9.17) is 0 Å². The quantitative estimate of drug-likeness (QED) is 0.480. The van der Waals surface area contributed by atoms with Gasteiger partial charge in [0, 0.05) is 13.6 Å². The fourth-order valence-electron chi connectivity index (χ4n) is 3.76. The molecule has 166 valence electrons. The lowest BCUT2D eigenvalue weighted by Gasteiger charge is -2.30. The van der Waals surface area contributed by atoms with Gasteiger partial charge in [-0.15, -0.1) is 0 Å². The predicted molar refractivity (Wildman–Crippen MR) is 119 cm³/mol. The van der Waals surface area contributed by atoms with Crippen LogP contribution in [0, 0.1) is 23.7 Å². The van der Waals surface area contributed by atoms with E-state index in [9.17, 15) is 18.3 Å². The van der Waals surface area contributed by atoms with Crippen LogP contribution in [0.3, 0.4) is 0 Å². The SMILES string of the molecule is CCC(CCCC(CN(C)S(=O)(=O)N(C(=O)O)c1ccccc1)C(C)C)C(C)C. The molecule has 1 N–H and O–H groups in total. The summed E-state index contributed by atoms with van der Waals surface area (Å²) in [7, 11) is -2.71. The molecule has 0 fully saturated rings. The normalized spacial score (nSPS) is 14.4. The fraction of sp³-hybridized carbons (Fsp3) is 0.682. The summed E-state index contributed by atoms with van der Waals surface area (Å²) in [5, 5.41) is 9.56. The molecule has 0 bridgehead atoms. The molecule has 0 aliphatic rings. The molecular formula is C22H38N2O4S. The molecule has 29 heavy (non-hydrogen) atoms. The maximum absolute atomic E-state index is 13.0. The zero-order chi connectivity index (χ0) is 22.2. The average Bonchev–Trinajstić information content (AvgIpc) is 2.63. The number of rotatable bonds is 12. The minimum Gasteiger partial charge on any atom is -0.464 e. The van der Waals surface area contributed by atoms with Crippen molar-refractivity contribution in [1.82, 2.24) is 4.31 Å². The van der Waals surface area contributed by atoms with E-state index in [1.165, 1.54) is 23.5 Å². The number of carbonyl (C=O) groups is 1. The van der Waals surface area contributed by atoms with Crippen LogP contribution in [0.5, 0.6) is 0 Å². The first-order chi connectivity index (χ1) is 13.5. The third-order valence-corrected chi connectivity index (χ3v) is 7.61. The largest absolute Gasteiger partial charge is 0.464 e. The van der Waals surface area contributed by atoms with Crippen LogP contribution < -0.4 is 4.31 Å². The van der Waals surface area contributed by atoms with Crippen molar-refractivity contribution in [3.05, 3.63) is 30.3 Å². The Kier molecular flexibility index (Phi) is 10.1. The number of hydrogen-bond donors (Lipinski definition) is 1. The monoisotopic (exact) mass is 426 g/mol. The third-order valence-electron chi connectivity index (χ3n) is 5.84. The summed E-state index contributed by atoms with van der Waals surface area (Å²) in [5.41, 5.74) is 0.121. The van der Waals surface area contributed by atoms with Crippen molar-refractivity contribution in [3.8, 4) is 0 Å². The van der Waals surface area contributed by atoms with Crippen molar-refractivity contribution in [1.29, 1.82) is 0 Å². The molecular weight excluding hydrogens is 388 g/mol. The van der Waals surface area contributed by atoms with Gasteiger partial charge in [0.15, 0.2) is 0 Å². The molecule has 0 heterocycles. The van der Waals surface area contributed by atoms with Gasteiger partial charge >= 0.3 is 16.3 Å². The van der Waals surface area contributed by atoms with Crippen LogP contribution in [-0.2, 0) is 10.2 Å². The van der Waals surface area contributed by atoms with Crippen LogP contribution in [0.15, 0.2) is 30.3 Å². The first-order valence-electron chi connectivity index (χ1n) is 10.6. The van der Waals surface area contributed by atoms with Crippen LogP contribution in [-0.4, -0.2) is 37.5 Å². The highest BCUT2D eigenvalue weighted by Gasteiger charge is 2.34. The van der Waals surface area contributed by atoms with E-state index in [0.29, 0.717) is 28.6 Å². The van der Waals surface area contributed by atoms with Gasteiger partial charge in [0.1, 0.15) is 0 Å². The van der Waals surface area contributed by atoms with E-state index in [0.717, 1.165) is 25.7 Å². The molecule has 2 unspecified atom stereocenters. The minimum atomic E-state index is -4.17. The predicted octanol–water partition coefficient (Wildman–Crippen LogP) is 5.47. The summed E-state index contributed by atoms with van der Waals surface area (Å²) >= 11 is 0. The number of nitrogens with zero attached hydrogens (tertiary/aromatic N) is 2. The molecule has 1 amide bonds. The van der Waals surface area contributed by atoms with Crippen molar-refractivity contribution >= 4 is 22.0 Å². The maximum atomic E-state index is 13.0. The molecule has 1 aromatic rings. The number of benzene rings is 1. The molecule has 0 aromatic heterocycles. The summed E-state index contributed by atoms with van der Waals surface area (Å²) in [4.78, 5) is 11.7. The lowest BCUT2D eigenvalue weighted by atomic mass is 9.85. The number of hydrogen-bond acceptors (Lipinski definition) is 3. The van der Waals surface area contributed by atoms with Gasteiger partial charge < -0.3 is 5.11 Å². The zero-order valence-electron chi connectivity index (χ0n) is 18.7. The lowest BCUT2D eigenvalue weighted by molar-refractivity contribution is 0.205. The van der Waals surface area contributed by atoms with Crippen LogP contribution in [0.2, 0.25) is 0 Å². The van der Waals surface area contributed by atoms with Gasteiger partial charge in [-0.05, 0) is 42.2 Å². The molecule has 2 atom stereocenters. The molecule has 7 heteroatoms. The zero-order valence-corrected chi connectivity index (χ0v) is 19.5. The molecule has 1 aromatic carbocycles. The molecule has 6 nitrogen and oxygen atoms in total. The summed E-state index contributed by atoms with van der Waals surface area (Å²) in [6.07, 6.45) is 2.77. The fourth-order valence-corrected chi connectivity index (χ4v) is 5.00. The van der Waals surface area contributed by atoms with Gasteiger partial charge in [0.05, 0.1) is 5.69 Å². The number of carboxylic acid groups (broad SMARTS) is 1. The molecule has 0 radical (unpaired) electrons. The van der Waals surface area contributed by atoms with Gasteiger partial charge in [0.2, 0.25) is 0 Å². The Hall–Kier alpha value is -1.60. The molecule has 0 aliphatic heterocycles. The Morgan fingerprint density at radius 2 is 1.52 bits per heavy atom. The average molecular weight is 427 g/mol. The Labute approximate surface area is 177 Å². The second-order valence-electron chi connectivity index (χ2n) is 8.52. The van der Waals surface area contributed by atoms with Gasteiger partial charge in [-0.2, -0.15) is 17.0 Å². The van der Waals surface area contributed by atoms with E-state index < -0.39 is 16.3 Å². The van der Waals surface area contributed by atoms with Gasteiger partial charge in [-0.25, -0.2) is 4.79 Å². The van der Waals surface area contributed by atoms with Crippen LogP contribution >= 0.6 is 0 Å². The second kappa shape index (κ2) is 11.6. The Bertz CT molecular complexity index is 720. The van der Waals surface area contributed by atoms with Crippen LogP contribution in [0.1, 0.15) is 60.3 Å². The highest BCUT2D eigenvalue weighted by Crippen LogP contribution is 2.27.